The molecule has 2 rings (SSSR count). The van der Waals surface area contributed by atoms with Gasteiger partial charge in [0.2, 0.25) is 0 Å². The van der Waals surface area contributed by atoms with Crippen molar-refractivity contribution in [3.63, 3.8) is 0 Å². The summed E-state index contributed by atoms with van der Waals surface area (Å²) in [7, 11) is 0. The van der Waals surface area contributed by atoms with Gasteiger partial charge in [0.05, 0.1) is 5.69 Å². The summed E-state index contributed by atoms with van der Waals surface area (Å²) in [6, 6.07) is 4.49. The summed E-state index contributed by atoms with van der Waals surface area (Å²) in [5.41, 5.74) is 0.322. The Balaban J connectivity index is 2.13. The summed E-state index contributed by atoms with van der Waals surface area (Å²) in [4.78, 5) is 6.78. The van der Waals surface area contributed by atoms with Crippen LogP contribution in [0.25, 0.3) is 0 Å². The molecule has 3 N–H and O–H groups in total. The fourth-order valence-electron chi connectivity index (χ4n) is 2.94. The van der Waals surface area contributed by atoms with Crippen LogP contribution < -0.4 is 10.6 Å². The molecule has 1 saturated heterocycles. The number of nitrogens with one attached hydrogen (secondary N) is 2. The van der Waals surface area contributed by atoms with Crippen molar-refractivity contribution in [3.8, 4) is 5.75 Å². The molecule has 1 aromatic carbocycles. The highest BCUT2D eigenvalue weighted by molar-refractivity contribution is 5.95. The summed E-state index contributed by atoms with van der Waals surface area (Å²) < 4.78 is 18.9. The van der Waals surface area contributed by atoms with Crippen molar-refractivity contribution in [2.75, 3.05) is 38.2 Å². The molecule has 2 unspecified atom stereocenters. The van der Waals surface area contributed by atoms with Gasteiger partial charge in [-0.1, -0.05) is 0 Å². The standard InChI is InChI=1S/C18H29FN4O2/c1-4-25-9-5-8-20-18(23-11-13(2)21-14(3)12-23)22-16-10-15(19)6-7-17(16)24/h6-7,10,13-14,21,24H,4-5,8-9,11-12H2,1-3H3,(H,20,22). The minimum absolute atomic E-state index is 0.000326. The summed E-state index contributed by atoms with van der Waals surface area (Å²) in [5, 5.41) is 16.6. The van der Waals surface area contributed by atoms with Gasteiger partial charge >= 0.3 is 0 Å². The van der Waals surface area contributed by atoms with Crippen LogP contribution in [-0.2, 0) is 4.74 Å². The summed E-state index contributed by atoms with van der Waals surface area (Å²) in [6.45, 7) is 9.74. The quantitative estimate of drug-likeness (QED) is 0.317. The molecule has 0 spiro atoms. The zero-order valence-electron chi connectivity index (χ0n) is 15.3. The van der Waals surface area contributed by atoms with Gasteiger partial charge in [0.15, 0.2) is 5.96 Å². The molecule has 0 bridgehead atoms. The second-order valence-electron chi connectivity index (χ2n) is 6.42. The number of hydrogen-bond acceptors (Lipinski definition) is 4. The minimum atomic E-state index is -0.405. The van der Waals surface area contributed by atoms with E-state index in [9.17, 15) is 9.50 Å². The molecule has 25 heavy (non-hydrogen) atoms. The monoisotopic (exact) mass is 352 g/mol. The zero-order chi connectivity index (χ0) is 18.2. The van der Waals surface area contributed by atoms with E-state index < -0.39 is 5.82 Å². The van der Waals surface area contributed by atoms with Crippen molar-refractivity contribution < 1.29 is 14.2 Å². The highest BCUT2D eigenvalue weighted by atomic mass is 19.1. The Morgan fingerprint density at radius 2 is 2.12 bits per heavy atom. The predicted molar refractivity (Wildman–Crippen MR) is 98.7 cm³/mol. The number of aliphatic imine (C=N–C) groups is 1. The molecule has 0 aliphatic carbocycles. The molecule has 1 aromatic rings. The van der Waals surface area contributed by atoms with Crippen LogP contribution in [0.2, 0.25) is 0 Å². The van der Waals surface area contributed by atoms with Gasteiger partial charge in [-0.05, 0) is 39.3 Å². The fourth-order valence-corrected chi connectivity index (χ4v) is 2.94. The van der Waals surface area contributed by atoms with E-state index in [0.29, 0.717) is 43.5 Å². The van der Waals surface area contributed by atoms with Crippen LogP contribution in [0.5, 0.6) is 5.75 Å². The largest absolute Gasteiger partial charge is 0.506 e. The topological polar surface area (TPSA) is 69.1 Å². The van der Waals surface area contributed by atoms with Gasteiger partial charge in [-0.3, -0.25) is 4.99 Å². The Kier molecular flexibility index (Phi) is 7.46. The maximum Gasteiger partial charge on any atom is 0.198 e. The smallest absolute Gasteiger partial charge is 0.198 e. The molecule has 1 aliphatic rings. The van der Waals surface area contributed by atoms with Gasteiger partial charge in [-0.25, -0.2) is 4.39 Å². The van der Waals surface area contributed by atoms with Crippen LogP contribution >= 0.6 is 0 Å². The van der Waals surface area contributed by atoms with Gasteiger partial charge in [-0.15, -0.1) is 0 Å². The number of benzene rings is 1. The number of anilines is 1. The zero-order valence-corrected chi connectivity index (χ0v) is 15.3. The number of phenolic OH excluding ortho intramolecular Hbond substituents is 1. The van der Waals surface area contributed by atoms with Crippen molar-refractivity contribution in [3.05, 3.63) is 24.0 Å². The van der Waals surface area contributed by atoms with Gasteiger partial charge in [0, 0.05) is 51.0 Å². The molecule has 0 aromatic heterocycles. The number of hydrogen-bond donors (Lipinski definition) is 3. The van der Waals surface area contributed by atoms with Gasteiger partial charge in [-0.2, -0.15) is 0 Å². The Bertz CT molecular complexity index is 572. The third-order valence-electron chi connectivity index (χ3n) is 3.97. The molecule has 2 atom stereocenters. The molecular formula is C18H29FN4O2. The molecule has 1 aliphatic heterocycles. The number of rotatable bonds is 6. The van der Waals surface area contributed by atoms with E-state index in [-0.39, 0.29) is 5.75 Å². The number of halogens is 1. The number of piperazine rings is 1. The molecule has 6 nitrogen and oxygen atoms in total. The first-order chi connectivity index (χ1) is 12.0. The van der Waals surface area contributed by atoms with E-state index in [4.69, 9.17) is 4.74 Å². The van der Waals surface area contributed by atoms with Gasteiger partial charge < -0.3 is 25.4 Å². The van der Waals surface area contributed by atoms with Crippen molar-refractivity contribution in [1.82, 2.24) is 10.2 Å². The first-order valence-electron chi connectivity index (χ1n) is 8.88. The van der Waals surface area contributed by atoms with Crippen molar-refractivity contribution >= 4 is 11.6 Å². The average Bonchev–Trinajstić information content (AvgIpc) is 2.55. The molecule has 7 heteroatoms. The summed E-state index contributed by atoms with van der Waals surface area (Å²) >= 11 is 0. The maximum absolute atomic E-state index is 13.5. The lowest BCUT2D eigenvalue weighted by molar-refractivity contribution is 0.146. The molecule has 1 heterocycles. The highest BCUT2D eigenvalue weighted by Gasteiger charge is 2.24. The minimum Gasteiger partial charge on any atom is -0.506 e. The molecular weight excluding hydrogens is 323 g/mol. The lowest BCUT2D eigenvalue weighted by Crippen LogP contribution is -2.57. The third kappa shape index (κ3) is 6.17. The molecule has 140 valence electrons. The number of phenols is 1. The molecule has 0 radical (unpaired) electrons. The number of nitrogens with zero attached hydrogens (tertiary/aromatic N) is 2. The Morgan fingerprint density at radius 3 is 2.80 bits per heavy atom. The van der Waals surface area contributed by atoms with E-state index in [0.717, 1.165) is 19.5 Å². The predicted octanol–water partition coefficient (Wildman–Crippen LogP) is 2.41. The van der Waals surface area contributed by atoms with E-state index in [1.54, 1.807) is 0 Å². The van der Waals surface area contributed by atoms with Crippen LogP contribution in [0.15, 0.2) is 23.2 Å². The van der Waals surface area contributed by atoms with Crippen molar-refractivity contribution in [2.24, 2.45) is 4.99 Å². The maximum atomic E-state index is 13.5. The van der Waals surface area contributed by atoms with E-state index in [2.05, 4.69) is 34.4 Å². The van der Waals surface area contributed by atoms with E-state index in [1.165, 1.54) is 18.2 Å². The lowest BCUT2D eigenvalue weighted by atomic mass is 10.1. The SMILES string of the molecule is CCOCCCN=C(Nc1cc(F)ccc1O)N1CC(C)NC(C)C1. The van der Waals surface area contributed by atoms with E-state index in [1.807, 2.05) is 6.92 Å². The number of guanidine groups is 1. The summed E-state index contributed by atoms with van der Waals surface area (Å²) in [5.74, 6) is 0.246. The number of aromatic hydroxyl groups is 1. The third-order valence-corrected chi connectivity index (χ3v) is 3.97. The summed E-state index contributed by atoms with van der Waals surface area (Å²) in [6.07, 6.45) is 0.811. The Morgan fingerprint density at radius 1 is 1.40 bits per heavy atom. The van der Waals surface area contributed by atoms with E-state index >= 15 is 0 Å². The average molecular weight is 352 g/mol. The Labute approximate surface area is 149 Å². The van der Waals surface area contributed by atoms with Gasteiger partial charge in [0.25, 0.3) is 0 Å². The lowest BCUT2D eigenvalue weighted by Gasteiger charge is -2.38. The van der Waals surface area contributed by atoms with Gasteiger partial charge in [0.1, 0.15) is 11.6 Å². The molecule has 0 amide bonds. The van der Waals surface area contributed by atoms with Crippen LogP contribution in [0, 0.1) is 5.82 Å². The van der Waals surface area contributed by atoms with Crippen LogP contribution in [0.1, 0.15) is 27.2 Å². The Hall–Kier alpha value is -1.86. The van der Waals surface area contributed by atoms with Crippen LogP contribution in [0.3, 0.4) is 0 Å². The normalized spacial score (nSPS) is 21.4. The van der Waals surface area contributed by atoms with Crippen molar-refractivity contribution in [2.45, 2.75) is 39.3 Å². The second kappa shape index (κ2) is 9.58. The first-order valence-corrected chi connectivity index (χ1v) is 8.88. The molecule has 0 saturated carbocycles. The van der Waals surface area contributed by atoms with Crippen molar-refractivity contribution in [1.29, 1.82) is 0 Å². The van der Waals surface area contributed by atoms with Crippen LogP contribution in [0.4, 0.5) is 10.1 Å². The van der Waals surface area contributed by atoms with Crippen LogP contribution in [-0.4, -0.2) is 60.9 Å². The fraction of sp³-hybridized carbons (Fsp3) is 0.611. The number of ether oxygens (including phenoxy) is 1. The molecule has 1 fully saturated rings. The second-order valence-corrected chi connectivity index (χ2v) is 6.42. The first kappa shape index (κ1) is 19.5. The highest BCUT2D eigenvalue weighted by Crippen LogP contribution is 2.24.